The van der Waals surface area contributed by atoms with Crippen LogP contribution < -0.4 is 10.6 Å². The molecular weight excluding hydrogens is 316 g/mol. The van der Waals surface area contributed by atoms with Crippen LogP contribution in [0, 0.1) is 13.8 Å². The Labute approximate surface area is 139 Å². The number of hydrogen-bond acceptors (Lipinski definition) is 6. The Bertz CT molecular complexity index is 642. The van der Waals surface area contributed by atoms with Gasteiger partial charge in [0.25, 0.3) is 0 Å². The Morgan fingerprint density at radius 2 is 2.09 bits per heavy atom. The highest BCUT2D eigenvalue weighted by Gasteiger charge is 2.13. The molecule has 2 rings (SSSR count). The molecule has 22 heavy (non-hydrogen) atoms. The molecule has 0 saturated heterocycles. The average Bonchev–Trinajstić information content (AvgIpc) is 2.80. The summed E-state index contributed by atoms with van der Waals surface area (Å²) in [5.74, 6) is 0.425. The summed E-state index contributed by atoms with van der Waals surface area (Å²) in [5, 5.41) is 8.16. The van der Waals surface area contributed by atoms with Gasteiger partial charge in [-0.25, -0.2) is 9.97 Å². The van der Waals surface area contributed by atoms with Crippen LogP contribution in [0.5, 0.6) is 0 Å². The van der Waals surface area contributed by atoms with Gasteiger partial charge >= 0.3 is 0 Å². The molecule has 0 aliphatic rings. The summed E-state index contributed by atoms with van der Waals surface area (Å²) >= 11 is 3.15. The Morgan fingerprint density at radius 3 is 2.86 bits per heavy atom. The molecule has 0 fully saturated rings. The number of aryl methyl sites for hydroxylation is 2. The standard InChI is InChI=1S/C15H22N4OS2/c1-4-5-16-6-7-17-12(20)8-21-14-13-10(2)11(3)22-15(13)19-9-18-14/h9,16H,4-8H2,1-3H3,(H,17,20). The van der Waals surface area contributed by atoms with E-state index in [0.717, 1.165) is 34.8 Å². The third-order valence-electron chi connectivity index (χ3n) is 3.32. The molecule has 0 atom stereocenters. The van der Waals surface area contributed by atoms with Crippen molar-refractivity contribution in [3.8, 4) is 0 Å². The predicted molar refractivity (Wildman–Crippen MR) is 93.8 cm³/mol. The van der Waals surface area contributed by atoms with Gasteiger partial charge in [0.05, 0.1) is 5.75 Å². The number of nitrogens with one attached hydrogen (secondary N) is 2. The van der Waals surface area contributed by atoms with E-state index in [0.29, 0.717) is 12.3 Å². The lowest BCUT2D eigenvalue weighted by Crippen LogP contribution is -2.33. The minimum Gasteiger partial charge on any atom is -0.354 e. The van der Waals surface area contributed by atoms with Crippen molar-refractivity contribution in [3.63, 3.8) is 0 Å². The summed E-state index contributed by atoms with van der Waals surface area (Å²) in [5.41, 5.74) is 1.22. The third-order valence-corrected chi connectivity index (χ3v) is 5.43. The summed E-state index contributed by atoms with van der Waals surface area (Å²) in [6, 6.07) is 0. The number of amides is 1. The van der Waals surface area contributed by atoms with Crippen molar-refractivity contribution in [1.29, 1.82) is 0 Å². The molecule has 2 heterocycles. The van der Waals surface area contributed by atoms with Gasteiger partial charge in [-0.1, -0.05) is 18.7 Å². The third kappa shape index (κ3) is 4.41. The largest absolute Gasteiger partial charge is 0.354 e. The second kappa shape index (κ2) is 8.45. The summed E-state index contributed by atoms with van der Waals surface area (Å²) in [6.07, 6.45) is 2.68. The van der Waals surface area contributed by atoms with Crippen LogP contribution in [-0.2, 0) is 4.79 Å². The molecule has 5 nitrogen and oxygen atoms in total. The molecule has 0 aliphatic heterocycles. The number of nitrogens with zero attached hydrogens (tertiary/aromatic N) is 2. The van der Waals surface area contributed by atoms with Gasteiger partial charge in [-0.15, -0.1) is 11.3 Å². The number of rotatable bonds is 8. The lowest BCUT2D eigenvalue weighted by Gasteiger charge is -2.06. The van der Waals surface area contributed by atoms with Crippen LogP contribution in [0.1, 0.15) is 23.8 Å². The van der Waals surface area contributed by atoms with E-state index in [1.54, 1.807) is 17.7 Å². The maximum atomic E-state index is 11.9. The van der Waals surface area contributed by atoms with Crippen LogP contribution in [0.2, 0.25) is 0 Å². The fourth-order valence-electron chi connectivity index (χ4n) is 2.04. The number of hydrogen-bond donors (Lipinski definition) is 2. The number of thioether (sulfide) groups is 1. The molecule has 0 aliphatic carbocycles. The Balaban J connectivity index is 1.88. The Hall–Kier alpha value is -1.18. The smallest absolute Gasteiger partial charge is 0.230 e. The Kier molecular flexibility index (Phi) is 6.60. The second-order valence-corrected chi connectivity index (χ2v) is 7.20. The second-order valence-electron chi connectivity index (χ2n) is 5.03. The van der Waals surface area contributed by atoms with Crippen molar-refractivity contribution in [3.05, 3.63) is 16.8 Å². The number of carbonyl (C=O) groups is 1. The van der Waals surface area contributed by atoms with Gasteiger partial charge in [0.1, 0.15) is 16.2 Å². The first kappa shape index (κ1) is 17.2. The van der Waals surface area contributed by atoms with Crippen LogP contribution >= 0.6 is 23.1 Å². The maximum absolute atomic E-state index is 11.9. The van der Waals surface area contributed by atoms with Crippen molar-refractivity contribution >= 4 is 39.2 Å². The molecule has 0 bridgehead atoms. The van der Waals surface area contributed by atoms with E-state index in [9.17, 15) is 4.79 Å². The summed E-state index contributed by atoms with van der Waals surface area (Å²) < 4.78 is 0. The van der Waals surface area contributed by atoms with Gasteiger partial charge in [0.2, 0.25) is 5.91 Å². The molecule has 0 radical (unpaired) electrons. The highest BCUT2D eigenvalue weighted by Crippen LogP contribution is 2.34. The fourth-order valence-corrected chi connectivity index (χ4v) is 3.98. The number of aromatic nitrogens is 2. The van der Waals surface area contributed by atoms with Crippen molar-refractivity contribution in [1.82, 2.24) is 20.6 Å². The molecule has 120 valence electrons. The van der Waals surface area contributed by atoms with Crippen LogP contribution in [0.15, 0.2) is 11.4 Å². The summed E-state index contributed by atoms with van der Waals surface area (Å²) in [4.78, 5) is 22.8. The quantitative estimate of drug-likeness (QED) is 0.440. The van der Waals surface area contributed by atoms with Crippen LogP contribution in [0.4, 0.5) is 0 Å². The first-order chi connectivity index (χ1) is 10.6. The van der Waals surface area contributed by atoms with E-state index in [4.69, 9.17) is 0 Å². The van der Waals surface area contributed by atoms with Crippen LogP contribution in [0.25, 0.3) is 10.2 Å². The van der Waals surface area contributed by atoms with Crippen molar-refractivity contribution in [2.24, 2.45) is 0 Å². The fraction of sp³-hybridized carbons (Fsp3) is 0.533. The van der Waals surface area contributed by atoms with E-state index < -0.39 is 0 Å². The topological polar surface area (TPSA) is 66.9 Å². The molecule has 7 heteroatoms. The van der Waals surface area contributed by atoms with E-state index >= 15 is 0 Å². The molecule has 2 aromatic heterocycles. The first-order valence-corrected chi connectivity index (χ1v) is 9.24. The monoisotopic (exact) mass is 338 g/mol. The molecule has 0 unspecified atom stereocenters. The zero-order chi connectivity index (χ0) is 15.9. The van der Waals surface area contributed by atoms with Gasteiger partial charge in [-0.3, -0.25) is 4.79 Å². The Morgan fingerprint density at radius 1 is 1.27 bits per heavy atom. The molecule has 0 saturated carbocycles. The summed E-state index contributed by atoms with van der Waals surface area (Å²) in [6.45, 7) is 8.76. The van der Waals surface area contributed by atoms with Crippen LogP contribution in [-0.4, -0.2) is 41.3 Å². The molecule has 2 N–H and O–H groups in total. The SMILES string of the molecule is CCCNCCNC(=O)CSc1ncnc2sc(C)c(C)c12. The van der Waals surface area contributed by atoms with Crippen molar-refractivity contribution in [2.75, 3.05) is 25.4 Å². The lowest BCUT2D eigenvalue weighted by molar-refractivity contribution is -0.118. The van der Waals surface area contributed by atoms with Gasteiger partial charge in [-0.05, 0) is 32.4 Å². The maximum Gasteiger partial charge on any atom is 0.230 e. The predicted octanol–water partition coefficient (Wildman–Crippen LogP) is 2.52. The normalized spacial score (nSPS) is 11.0. The molecule has 1 amide bonds. The molecule has 2 aromatic rings. The first-order valence-electron chi connectivity index (χ1n) is 7.44. The molecular formula is C15H22N4OS2. The van der Waals surface area contributed by atoms with Gasteiger partial charge in [0.15, 0.2) is 0 Å². The minimum atomic E-state index is 0.0414. The number of fused-ring (bicyclic) bond motifs is 1. The van der Waals surface area contributed by atoms with E-state index in [1.165, 1.54) is 22.2 Å². The van der Waals surface area contributed by atoms with Crippen LogP contribution in [0.3, 0.4) is 0 Å². The number of carbonyl (C=O) groups excluding carboxylic acids is 1. The number of thiophene rings is 1. The highest BCUT2D eigenvalue weighted by atomic mass is 32.2. The van der Waals surface area contributed by atoms with E-state index in [1.807, 2.05) is 0 Å². The minimum absolute atomic E-state index is 0.0414. The van der Waals surface area contributed by atoms with E-state index in [2.05, 4.69) is 41.4 Å². The molecule has 0 aromatic carbocycles. The van der Waals surface area contributed by atoms with Gasteiger partial charge in [0, 0.05) is 23.4 Å². The average molecular weight is 339 g/mol. The molecule has 0 spiro atoms. The zero-order valence-corrected chi connectivity index (χ0v) is 14.9. The zero-order valence-electron chi connectivity index (χ0n) is 13.2. The van der Waals surface area contributed by atoms with Crippen molar-refractivity contribution < 1.29 is 4.79 Å². The highest BCUT2D eigenvalue weighted by molar-refractivity contribution is 8.00. The van der Waals surface area contributed by atoms with E-state index in [-0.39, 0.29) is 5.91 Å². The van der Waals surface area contributed by atoms with Crippen molar-refractivity contribution in [2.45, 2.75) is 32.2 Å². The summed E-state index contributed by atoms with van der Waals surface area (Å²) in [7, 11) is 0. The van der Waals surface area contributed by atoms with Gasteiger partial charge in [-0.2, -0.15) is 0 Å². The lowest BCUT2D eigenvalue weighted by atomic mass is 10.2. The van der Waals surface area contributed by atoms with Gasteiger partial charge < -0.3 is 10.6 Å².